The number of ether oxygens (including phenoxy) is 1. The molecule has 0 bridgehead atoms. The SMILES string of the molecule is CCC1CCC(C2CCC(c3cc(F)c(OCc4cc(F)c(F)c(F)c4)c(F)c3)CC2)CC1. The van der Waals surface area contributed by atoms with Gasteiger partial charge in [-0.25, -0.2) is 22.0 Å². The third-order valence-electron chi connectivity index (χ3n) is 7.83. The van der Waals surface area contributed by atoms with Crippen molar-refractivity contribution < 1.29 is 26.7 Å². The van der Waals surface area contributed by atoms with Crippen molar-refractivity contribution in [1.29, 1.82) is 0 Å². The Morgan fingerprint density at radius 3 is 1.73 bits per heavy atom. The predicted octanol–water partition coefficient (Wildman–Crippen LogP) is 8.45. The van der Waals surface area contributed by atoms with Crippen LogP contribution >= 0.6 is 0 Å². The Balaban J connectivity index is 1.36. The summed E-state index contributed by atoms with van der Waals surface area (Å²) in [5, 5.41) is 0. The van der Waals surface area contributed by atoms with E-state index in [1.54, 1.807) is 0 Å². The molecule has 0 atom stereocenters. The highest BCUT2D eigenvalue weighted by molar-refractivity contribution is 5.34. The second-order valence-corrected chi connectivity index (χ2v) is 9.78. The molecule has 2 aliphatic rings. The maximum Gasteiger partial charge on any atom is 0.194 e. The van der Waals surface area contributed by atoms with Crippen LogP contribution in [-0.2, 0) is 6.61 Å². The van der Waals surface area contributed by atoms with Crippen molar-refractivity contribution in [3.63, 3.8) is 0 Å². The minimum absolute atomic E-state index is 0.0550. The van der Waals surface area contributed by atoms with Crippen LogP contribution in [0.3, 0.4) is 0 Å². The summed E-state index contributed by atoms with van der Waals surface area (Å²) in [5.41, 5.74) is 0.574. The molecule has 0 heterocycles. The summed E-state index contributed by atoms with van der Waals surface area (Å²) in [7, 11) is 0. The lowest BCUT2D eigenvalue weighted by Crippen LogP contribution is -2.25. The molecule has 6 heteroatoms. The molecule has 0 aliphatic heterocycles. The molecular weight excluding hydrogens is 435 g/mol. The van der Waals surface area contributed by atoms with Crippen LogP contribution in [0, 0.1) is 46.8 Å². The lowest BCUT2D eigenvalue weighted by Gasteiger charge is -2.38. The fraction of sp³-hybridized carbons (Fsp3) is 0.556. The molecule has 2 aromatic carbocycles. The fourth-order valence-corrected chi connectivity index (χ4v) is 5.79. The highest BCUT2D eigenvalue weighted by atomic mass is 19.2. The minimum Gasteiger partial charge on any atom is -0.483 e. The molecule has 180 valence electrons. The Hall–Kier alpha value is -2.11. The molecule has 0 unspecified atom stereocenters. The highest BCUT2D eigenvalue weighted by Gasteiger charge is 2.31. The van der Waals surface area contributed by atoms with Gasteiger partial charge in [0.1, 0.15) is 6.61 Å². The summed E-state index contributed by atoms with van der Waals surface area (Å²) in [4.78, 5) is 0. The Morgan fingerprint density at radius 2 is 1.21 bits per heavy atom. The van der Waals surface area contributed by atoms with E-state index in [2.05, 4.69) is 6.92 Å². The van der Waals surface area contributed by atoms with Crippen LogP contribution in [0.1, 0.15) is 81.8 Å². The van der Waals surface area contributed by atoms with Crippen molar-refractivity contribution in [3.05, 3.63) is 64.5 Å². The summed E-state index contributed by atoms with van der Waals surface area (Å²) in [6.45, 7) is 1.79. The fourth-order valence-electron chi connectivity index (χ4n) is 5.79. The first-order valence-corrected chi connectivity index (χ1v) is 12.1. The molecule has 33 heavy (non-hydrogen) atoms. The van der Waals surface area contributed by atoms with Crippen LogP contribution in [0.15, 0.2) is 24.3 Å². The van der Waals surface area contributed by atoms with E-state index in [1.807, 2.05) is 0 Å². The van der Waals surface area contributed by atoms with Gasteiger partial charge in [0.2, 0.25) is 0 Å². The molecule has 0 amide bonds. The van der Waals surface area contributed by atoms with Crippen LogP contribution in [-0.4, -0.2) is 0 Å². The van der Waals surface area contributed by atoms with Crippen molar-refractivity contribution in [1.82, 2.24) is 0 Å². The van der Waals surface area contributed by atoms with Crippen LogP contribution in [0.25, 0.3) is 0 Å². The van der Waals surface area contributed by atoms with Gasteiger partial charge < -0.3 is 4.74 Å². The van der Waals surface area contributed by atoms with Crippen molar-refractivity contribution in [3.8, 4) is 5.75 Å². The number of benzene rings is 2. The molecule has 0 spiro atoms. The van der Waals surface area contributed by atoms with Crippen LogP contribution in [0.2, 0.25) is 0 Å². The first-order chi connectivity index (χ1) is 15.9. The van der Waals surface area contributed by atoms with E-state index in [1.165, 1.54) is 44.2 Å². The standard InChI is InChI=1S/C27H31F5O/c1-2-16-3-5-18(6-4-16)19-7-9-20(10-8-19)21-13-24(30)27(25(31)14-21)33-15-17-11-22(28)26(32)23(29)12-17/h11-14,16,18-20H,2-10,15H2,1H3. The van der Waals surface area contributed by atoms with Gasteiger partial charge in [0.25, 0.3) is 0 Å². The van der Waals surface area contributed by atoms with Gasteiger partial charge in [0, 0.05) is 0 Å². The van der Waals surface area contributed by atoms with Gasteiger partial charge in [-0.15, -0.1) is 0 Å². The van der Waals surface area contributed by atoms with Crippen LogP contribution < -0.4 is 4.74 Å². The van der Waals surface area contributed by atoms with Crippen LogP contribution in [0.4, 0.5) is 22.0 Å². The summed E-state index contributed by atoms with van der Waals surface area (Å²) in [5.74, 6) is -4.11. The van der Waals surface area contributed by atoms with E-state index in [0.717, 1.165) is 49.7 Å². The molecule has 1 nitrogen and oxygen atoms in total. The zero-order chi connectivity index (χ0) is 23.5. The van der Waals surface area contributed by atoms with Gasteiger partial charge in [-0.05, 0) is 97.6 Å². The lowest BCUT2D eigenvalue weighted by atomic mass is 9.68. The van der Waals surface area contributed by atoms with Gasteiger partial charge in [-0.1, -0.05) is 26.2 Å². The molecule has 4 rings (SSSR count). The zero-order valence-corrected chi connectivity index (χ0v) is 19.0. The predicted molar refractivity (Wildman–Crippen MR) is 117 cm³/mol. The smallest absolute Gasteiger partial charge is 0.194 e. The van der Waals surface area contributed by atoms with Crippen LogP contribution in [0.5, 0.6) is 5.75 Å². The molecule has 0 aromatic heterocycles. The molecule has 0 N–H and O–H groups in total. The molecule has 0 saturated heterocycles. The summed E-state index contributed by atoms with van der Waals surface area (Å²) >= 11 is 0. The molecule has 2 aliphatic carbocycles. The number of rotatable bonds is 6. The second kappa shape index (κ2) is 10.4. The third kappa shape index (κ3) is 5.52. The average molecular weight is 467 g/mol. The van der Waals surface area contributed by atoms with E-state index in [0.29, 0.717) is 11.5 Å². The summed E-state index contributed by atoms with van der Waals surface area (Å²) in [6, 6.07) is 4.11. The van der Waals surface area contributed by atoms with Crippen molar-refractivity contribution in [2.45, 2.75) is 77.2 Å². The van der Waals surface area contributed by atoms with E-state index >= 15 is 0 Å². The van der Waals surface area contributed by atoms with Gasteiger partial charge in [0.05, 0.1) is 0 Å². The Bertz CT molecular complexity index is 913. The zero-order valence-electron chi connectivity index (χ0n) is 19.0. The number of halogens is 5. The first-order valence-electron chi connectivity index (χ1n) is 12.1. The number of hydrogen-bond donors (Lipinski definition) is 0. The maximum atomic E-state index is 14.7. The third-order valence-corrected chi connectivity index (χ3v) is 7.83. The Morgan fingerprint density at radius 1 is 0.697 bits per heavy atom. The van der Waals surface area contributed by atoms with E-state index in [-0.39, 0.29) is 11.5 Å². The van der Waals surface area contributed by atoms with Gasteiger partial charge in [-0.2, -0.15) is 0 Å². The summed E-state index contributed by atoms with van der Waals surface area (Å²) < 4.78 is 74.2. The Kier molecular flexibility index (Phi) is 7.60. The van der Waals surface area contributed by atoms with Gasteiger partial charge >= 0.3 is 0 Å². The van der Waals surface area contributed by atoms with E-state index < -0.39 is 41.4 Å². The van der Waals surface area contributed by atoms with Crippen molar-refractivity contribution in [2.75, 3.05) is 0 Å². The maximum absolute atomic E-state index is 14.7. The van der Waals surface area contributed by atoms with Crippen molar-refractivity contribution in [2.24, 2.45) is 17.8 Å². The topological polar surface area (TPSA) is 9.23 Å². The quantitative estimate of drug-likeness (QED) is 0.307. The Labute approximate surface area is 192 Å². The second-order valence-electron chi connectivity index (χ2n) is 9.78. The molecule has 2 fully saturated rings. The lowest BCUT2D eigenvalue weighted by molar-refractivity contribution is 0.158. The van der Waals surface area contributed by atoms with Gasteiger partial charge in [0.15, 0.2) is 34.8 Å². The normalized spacial score (nSPS) is 25.8. The monoisotopic (exact) mass is 466 g/mol. The van der Waals surface area contributed by atoms with E-state index in [9.17, 15) is 22.0 Å². The summed E-state index contributed by atoms with van der Waals surface area (Å²) in [6.07, 6.45) is 10.6. The first kappa shape index (κ1) is 24.0. The van der Waals surface area contributed by atoms with Crippen molar-refractivity contribution >= 4 is 0 Å². The average Bonchev–Trinajstić information content (AvgIpc) is 2.82. The number of hydrogen-bond acceptors (Lipinski definition) is 1. The highest BCUT2D eigenvalue weighted by Crippen LogP contribution is 2.45. The largest absolute Gasteiger partial charge is 0.483 e. The molecule has 2 saturated carbocycles. The minimum atomic E-state index is -1.59. The van der Waals surface area contributed by atoms with Gasteiger partial charge in [-0.3, -0.25) is 0 Å². The molecule has 2 aromatic rings. The molecular formula is C27H31F5O. The molecule has 0 radical (unpaired) electrons. The van der Waals surface area contributed by atoms with E-state index in [4.69, 9.17) is 4.74 Å².